The van der Waals surface area contributed by atoms with Gasteiger partial charge in [0.25, 0.3) is 0 Å². The predicted molar refractivity (Wildman–Crippen MR) is 57.6 cm³/mol. The summed E-state index contributed by atoms with van der Waals surface area (Å²) >= 11 is 0. The molecule has 0 radical (unpaired) electrons. The molecule has 2 rings (SSSR count). The van der Waals surface area contributed by atoms with Gasteiger partial charge in [0.05, 0.1) is 5.60 Å². The Bertz CT molecular complexity index is 273. The van der Waals surface area contributed by atoms with Gasteiger partial charge >= 0.3 is 0 Å². The molecule has 2 aliphatic carbocycles. The molecule has 0 aromatic carbocycles. The van der Waals surface area contributed by atoms with Crippen LogP contribution in [0, 0.1) is 29.6 Å². The van der Waals surface area contributed by atoms with Crippen LogP contribution in [0.25, 0.3) is 0 Å². The van der Waals surface area contributed by atoms with Crippen LogP contribution in [0.15, 0.2) is 0 Å². The van der Waals surface area contributed by atoms with Crippen molar-refractivity contribution in [1.82, 2.24) is 0 Å². The summed E-state index contributed by atoms with van der Waals surface area (Å²) in [5, 5.41) is 10.5. The molecule has 1 N–H and O–H groups in total. The van der Waals surface area contributed by atoms with Gasteiger partial charge in [-0.1, -0.05) is 20.3 Å². The van der Waals surface area contributed by atoms with Gasteiger partial charge in [-0.15, -0.1) is 12.3 Å². The number of rotatable bonds is 1. The summed E-state index contributed by atoms with van der Waals surface area (Å²) in [6.45, 7) is 4.63. The highest BCUT2D eigenvalue weighted by atomic mass is 16.3. The lowest BCUT2D eigenvalue weighted by atomic mass is 9.46. The van der Waals surface area contributed by atoms with Crippen molar-refractivity contribution in [3.05, 3.63) is 0 Å². The molecular formula is C13H20O. The topological polar surface area (TPSA) is 20.2 Å². The fourth-order valence-electron chi connectivity index (χ4n) is 3.61. The van der Waals surface area contributed by atoms with E-state index in [9.17, 15) is 5.11 Å². The molecule has 1 heteroatoms. The first-order valence-electron chi connectivity index (χ1n) is 5.65. The number of fused-ring (bicyclic) bond motifs is 1. The minimum Gasteiger partial charge on any atom is -0.389 e. The maximum Gasteiger partial charge on any atom is 0.0787 e. The van der Waals surface area contributed by atoms with E-state index in [1.54, 1.807) is 0 Å². The quantitative estimate of drug-likeness (QED) is 0.633. The molecule has 0 aromatic heterocycles. The Labute approximate surface area is 86.9 Å². The Hall–Kier alpha value is -0.480. The third kappa shape index (κ3) is 1.28. The summed E-state index contributed by atoms with van der Waals surface area (Å²) in [4.78, 5) is 0. The van der Waals surface area contributed by atoms with Gasteiger partial charge in [-0.3, -0.25) is 0 Å². The van der Waals surface area contributed by atoms with Crippen LogP contribution in [-0.2, 0) is 0 Å². The molecule has 0 unspecified atom stereocenters. The minimum atomic E-state index is -0.535. The summed E-state index contributed by atoms with van der Waals surface area (Å²) in [5.41, 5.74) is -0.0964. The van der Waals surface area contributed by atoms with Crippen LogP contribution in [0.5, 0.6) is 0 Å². The molecule has 78 valence electrons. The van der Waals surface area contributed by atoms with Crippen LogP contribution in [-0.4, -0.2) is 10.7 Å². The van der Waals surface area contributed by atoms with Crippen molar-refractivity contribution in [1.29, 1.82) is 0 Å². The molecule has 2 saturated carbocycles. The van der Waals surface area contributed by atoms with Gasteiger partial charge < -0.3 is 5.11 Å². The Morgan fingerprint density at radius 3 is 2.71 bits per heavy atom. The molecule has 0 spiro atoms. The van der Waals surface area contributed by atoms with Gasteiger partial charge in [-0.25, -0.2) is 0 Å². The third-order valence-corrected chi connectivity index (χ3v) is 4.46. The van der Waals surface area contributed by atoms with Gasteiger partial charge in [-0.05, 0) is 36.5 Å². The highest BCUT2D eigenvalue weighted by Gasteiger charge is 2.57. The zero-order valence-corrected chi connectivity index (χ0v) is 9.21. The van der Waals surface area contributed by atoms with E-state index in [2.05, 4.69) is 19.8 Å². The van der Waals surface area contributed by atoms with E-state index in [1.807, 2.05) is 0 Å². The van der Waals surface area contributed by atoms with Gasteiger partial charge in [0, 0.05) is 6.42 Å². The molecule has 0 heterocycles. The Balaban J connectivity index is 2.13. The highest BCUT2D eigenvalue weighted by Crippen LogP contribution is 2.60. The molecule has 0 saturated heterocycles. The van der Waals surface area contributed by atoms with Gasteiger partial charge in [-0.2, -0.15) is 0 Å². The van der Waals surface area contributed by atoms with Crippen molar-refractivity contribution in [3.63, 3.8) is 0 Å². The number of terminal acetylenes is 1. The van der Waals surface area contributed by atoms with Crippen molar-refractivity contribution in [2.45, 2.75) is 51.6 Å². The SMILES string of the molecule is C#CC[C@@]1(O)CCC[C@H]2[C@@H]1CC2(C)C. The Morgan fingerprint density at radius 1 is 1.43 bits per heavy atom. The first-order valence-corrected chi connectivity index (χ1v) is 5.65. The summed E-state index contributed by atoms with van der Waals surface area (Å²) in [5.74, 6) is 3.82. The summed E-state index contributed by atoms with van der Waals surface area (Å²) in [7, 11) is 0. The molecule has 2 aliphatic rings. The van der Waals surface area contributed by atoms with E-state index >= 15 is 0 Å². The lowest BCUT2D eigenvalue weighted by Crippen LogP contribution is -2.58. The molecule has 2 fully saturated rings. The standard InChI is InChI=1S/C13H20O/c1-4-7-13(14)8-5-6-10-11(13)9-12(10,2)3/h1,10-11,14H,5-9H2,2-3H3/t10-,11-,13+/m0/s1. The number of aliphatic hydroxyl groups is 1. The second-order valence-electron chi connectivity index (χ2n) is 5.78. The molecule has 0 bridgehead atoms. The second kappa shape index (κ2) is 3.00. The fourth-order valence-corrected chi connectivity index (χ4v) is 3.61. The summed E-state index contributed by atoms with van der Waals surface area (Å²) in [6.07, 6.45) is 10.4. The van der Waals surface area contributed by atoms with Gasteiger partial charge in [0.1, 0.15) is 0 Å². The van der Waals surface area contributed by atoms with Crippen molar-refractivity contribution in [3.8, 4) is 12.3 Å². The molecule has 1 nitrogen and oxygen atoms in total. The average molecular weight is 192 g/mol. The zero-order chi connectivity index (χ0) is 10.4. The largest absolute Gasteiger partial charge is 0.389 e. The zero-order valence-electron chi connectivity index (χ0n) is 9.21. The van der Waals surface area contributed by atoms with Gasteiger partial charge in [0.2, 0.25) is 0 Å². The lowest BCUT2D eigenvalue weighted by Gasteiger charge is -2.60. The van der Waals surface area contributed by atoms with E-state index in [-0.39, 0.29) is 0 Å². The second-order valence-corrected chi connectivity index (χ2v) is 5.78. The maximum absolute atomic E-state index is 10.5. The highest BCUT2D eigenvalue weighted by molar-refractivity contribution is 5.10. The predicted octanol–water partition coefficient (Wildman–Crippen LogP) is 2.59. The Kier molecular flexibility index (Phi) is 2.16. The van der Waals surface area contributed by atoms with Crippen molar-refractivity contribution in [2.75, 3.05) is 0 Å². The lowest BCUT2D eigenvalue weighted by molar-refractivity contribution is -0.171. The molecule has 0 amide bonds. The van der Waals surface area contributed by atoms with Crippen molar-refractivity contribution < 1.29 is 5.11 Å². The maximum atomic E-state index is 10.5. The molecule has 14 heavy (non-hydrogen) atoms. The van der Waals surface area contributed by atoms with E-state index < -0.39 is 5.60 Å². The van der Waals surface area contributed by atoms with Crippen LogP contribution < -0.4 is 0 Å². The summed E-state index contributed by atoms with van der Waals surface area (Å²) in [6, 6.07) is 0. The third-order valence-electron chi connectivity index (χ3n) is 4.46. The number of hydrogen-bond acceptors (Lipinski definition) is 1. The van der Waals surface area contributed by atoms with E-state index in [4.69, 9.17) is 6.42 Å². The monoisotopic (exact) mass is 192 g/mol. The van der Waals surface area contributed by atoms with Crippen LogP contribution in [0.4, 0.5) is 0 Å². The van der Waals surface area contributed by atoms with Crippen LogP contribution in [0.1, 0.15) is 46.0 Å². The summed E-state index contributed by atoms with van der Waals surface area (Å²) < 4.78 is 0. The van der Waals surface area contributed by atoms with E-state index in [1.165, 1.54) is 6.42 Å². The smallest absolute Gasteiger partial charge is 0.0787 e. The van der Waals surface area contributed by atoms with Crippen molar-refractivity contribution in [2.24, 2.45) is 17.3 Å². The van der Waals surface area contributed by atoms with E-state index in [0.717, 1.165) is 19.3 Å². The molecular weight excluding hydrogens is 172 g/mol. The molecule has 0 aliphatic heterocycles. The van der Waals surface area contributed by atoms with E-state index in [0.29, 0.717) is 23.7 Å². The van der Waals surface area contributed by atoms with Crippen LogP contribution in [0.2, 0.25) is 0 Å². The normalized spacial score (nSPS) is 44.7. The average Bonchev–Trinajstić information content (AvgIpc) is 2.08. The first-order chi connectivity index (χ1) is 6.49. The van der Waals surface area contributed by atoms with Gasteiger partial charge in [0.15, 0.2) is 0 Å². The van der Waals surface area contributed by atoms with Crippen LogP contribution in [0.3, 0.4) is 0 Å². The first kappa shape index (κ1) is 10.1. The minimum absolute atomic E-state index is 0.438. The van der Waals surface area contributed by atoms with Crippen LogP contribution >= 0.6 is 0 Å². The Morgan fingerprint density at radius 2 is 2.14 bits per heavy atom. The fraction of sp³-hybridized carbons (Fsp3) is 0.846. The molecule has 0 aromatic rings. The number of hydrogen-bond donors (Lipinski definition) is 1. The molecule has 3 atom stereocenters. The van der Waals surface area contributed by atoms with Crippen molar-refractivity contribution >= 4 is 0 Å².